The van der Waals surface area contributed by atoms with Crippen LogP contribution in [0.1, 0.15) is 0 Å². The molecule has 0 aromatic carbocycles. The van der Waals surface area contributed by atoms with Crippen molar-refractivity contribution in [3.63, 3.8) is 0 Å². The lowest BCUT2D eigenvalue weighted by atomic mass is 9.99. The number of rotatable bonds is 3. The van der Waals surface area contributed by atoms with E-state index in [1.807, 2.05) is 0 Å². The van der Waals surface area contributed by atoms with Crippen LogP contribution in [0, 0.1) is 0 Å². The molecule has 0 aromatic heterocycles. The van der Waals surface area contributed by atoms with Crippen LogP contribution in [0.25, 0.3) is 0 Å². The summed E-state index contributed by atoms with van der Waals surface area (Å²) in [5, 5.41) is 28.0. The lowest BCUT2D eigenvalue weighted by Gasteiger charge is -2.40. The van der Waals surface area contributed by atoms with Gasteiger partial charge < -0.3 is 29.5 Å². The van der Waals surface area contributed by atoms with Crippen molar-refractivity contribution in [3.8, 4) is 0 Å². The van der Waals surface area contributed by atoms with Crippen LogP contribution in [-0.4, -0.2) is 66.9 Å². The molecule has 84 valence electrons. The molecule has 14 heavy (non-hydrogen) atoms. The van der Waals surface area contributed by atoms with Crippen LogP contribution in [0.15, 0.2) is 0 Å². The van der Waals surface area contributed by atoms with Gasteiger partial charge in [0.05, 0.1) is 6.61 Å². The van der Waals surface area contributed by atoms with E-state index in [0.717, 1.165) is 0 Å². The lowest BCUT2D eigenvalue weighted by molar-refractivity contribution is -0.298. The minimum Gasteiger partial charge on any atom is -0.394 e. The highest BCUT2D eigenvalue weighted by atomic mass is 16.7. The Bertz CT molecular complexity index is 173. The van der Waals surface area contributed by atoms with E-state index in [4.69, 9.17) is 19.3 Å². The maximum Gasteiger partial charge on any atom is 0.186 e. The second kappa shape index (κ2) is 5.01. The fourth-order valence-corrected chi connectivity index (χ4v) is 1.54. The minimum absolute atomic E-state index is 0.303. The van der Waals surface area contributed by atoms with E-state index in [2.05, 4.69) is 0 Å². The summed E-state index contributed by atoms with van der Waals surface area (Å²) in [6, 6.07) is 0. The van der Waals surface area contributed by atoms with Crippen LogP contribution in [0.5, 0.6) is 0 Å². The van der Waals surface area contributed by atoms with Gasteiger partial charge in [-0.15, -0.1) is 0 Å². The highest BCUT2D eigenvalue weighted by Crippen LogP contribution is 2.23. The molecule has 0 radical (unpaired) electrons. The van der Waals surface area contributed by atoms with E-state index in [0.29, 0.717) is 0 Å². The summed E-state index contributed by atoms with van der Waals surface area (Å²) in [5.74, 6) is 0. The monoisotopic (exact) mass is 208 g/mol. The largest absolute Gasteiger partial charge is 0.394 e. The molecule has 6 nitrogen and oxygen atoms in total. The van der Waals surface area contributed by atoms with Crippen molar-refractivity contribution in [2.45, 2.75) is 30.7 Å². The number of hydrogen-bond acceptors (Lipinski definition) is 6. The third-order valence-corrected chi connectivity index (χ3v) is 2.33. The molecule has 0 spiro atoms. The average molecular weight is 208 g/mol. The first kappa shape index (κ1) is 11.8. The van der Waals surface area contributed by atoms with Gasteiger partial charge in [0.2, 0.25) is 0 Å². The minimum atomic E-state index is -1.17. The van der Waals surface area contributed by atoms with Gasteiger partial charge in [-0.1, -0.05) is 0 Å². The molecule has 1 aliphatic rings. The quantitative estimate of drug-likeness (QED) is 0.501. The predicted molar refractivity (Wildman–Crippen MR) is 45.6 cm³/mol. The molecule has 6 heteroatoms. The van der Waals surface area contributed by atoms with Gasteiger partial charge in [-0.3, -0.25) is 0 Å². The Labute approximate surface area is 82.0 Å². The SMILES string of the molecule is CO[C@@H]1OC(CO)[C@H](OC)[C@@H](O)C1O. The average Bonchev–Trinajstić information content (AvgIpc) is 2.21. The Balaban J connectivity index is 2.71. The fourth-order valence-electron chi connectivity index (χ4n) is 1.54. The van der Waals surface area contributed by atoms with E-state index in [9.17, 15) is 10.2 Å². The van der Waals surface area contributed by atoms with E-state index >= 15 is 0 Å². The summed E-state index contributed by atoms with van der Waals surface area (Å²) in [6.45, 7) is -0.303. The number of hydrogen-bond donors (Lipinski definition) is 3. The van der Waals surface area contributed by atoms with Gasteiger partial charge in [0, 0.05) is 14.2 Å². The molecule has 3 N–H and O–H groups in total. The van der Waals surface area contributed by atoms with Crippen LogP contribution >= 0.6 is 0 Å². The molecule has 0 aromatic rings. The van der Waals surface area contributed by atoms with E-state index in [1.165, 1.54) is 14.2 Å². The second-order valence-electron chi connectivity index (χ2n) is 3.14. The van der Waals surface area contributed by atoms with Crippen LogP contribution in [0.4, 0.5) is 0 Å². The summed E-state index contributed by atoms with van der Waals surface area (Å²) >= 11 is 0. The van der Waals surface area contributed by atoms with Crippen molar-refractivity contribution < 1.29 is 29.5 Å². The Morgan fingerprint density at radius 2 is 1.79 bits per heavy atom. The van der Waals surface area contributed by atoms with Gasteiger partial charge in [0.25, 0.3) is 0 Å². The molecule has 1 heterocycles. The Kier molecular flexibility index (Phi) is 4.24. The molecular formula is C8H16O6. The Morgan fingerprint density at radius 1 is 1.14 bits per heavy atom. The van der Waals surface area contributed by atoms with Crippen LogP contribution < -0.4 is 0 Å². The van der Waals surface area contributed by atoms with E-state index < -0.39 is 30.7 Å². The smallest absolute Gasteiger partial charge is 0.186 e. The van der Waals surface area contributed by atoms with Gasteiger partial charge >= 0.3 is 0 Å². The van der Waals surface area contributed by atoms with Gasteiger partial charge in [-0.05, 0) is 0 Å². The number of methoxy groups -OCH3 is 2. The predicted octanol–water partition coefficient (Wildman–Crippen LogP) is -1.91. The number of aliphatic hydroxyl groups excluding tert-OH is 3. The zero-order valence-electron chi connectivity index (χ0n) is 8.16. The first-order valence-electron chi connectivity index (χ1n) is 4.33. The fraction of sp³-hybridized carbons (Fsp3) is 1.00. The molecule has 1 aliphatic heterocycles. The van der Waals surface area contributed by atoms with Crippen LogP contribution in [0.2, 0.25) is 0 Å². The Morgan fingerprint density at radius 3 is 2.21 bits per heavy atom. The molecule has 1 fully saturated rings. The van der Waals surface area contributed by atoms with Crippen molar-refractivity contribution in [2.75, 3.05) is 20.8 Å². The van der Waals surface area contributed by atoms with Crippen molar-refractivity contribution in [1.29, 1.82) is 0 Å². The molecule has 0 aliphatic carbocycles. The normalized spacial score (nSPS) is 43.9. The summed E-state index contributed by atoms with van der Waals surface area (Å²) in [4.78, 5) is 0. The van der Waals surface area contributed by atoms with Crippen molar-refractivity contribution in [3.05, 3.63) is 0 Å². The first-order valence-corrected chi connectivity index (χ1v) is 4.33. The maximum atomic E-state index is 9.59. The first-order chi connectivity index (χ1) is 6.65. The van der Waals surface area contributed by atoms with Crippen molar-refractivity contribution >= 4 is 0 Å². The summed E-state index contributed by atoms with van der Waals surface area (Å²) in [7, 11) is 2.72. The molecule has 1 saturated heterocycles. The van der Waals surface area contributed by atoms with Gasteiger partial charge in [0.15, 0.2) is 6.29 Å². The van der Waals surface area contributed by atoms with Crippen LogP contribution in [-0.2, 0) is 14.2 Å². The van der Waals surface area contributed by atoms with Crippen molar-refractivity contribution in [1.82, 2.24) is 0 Å². The number of aliphatic hydroxyl groups is 3. The zero-order chi connectivity index (χ0) is 10.7. The van der Waals surface area contributed by atoms with Crippen molar-refractivity contribution in [2.24, 2.45) is 0 Å². The van der Waals surface area contributed by atoms with Crippen LogP contribution in [0.3, 0.4) is 0 Å². The lowest BCUT2D eigenvalue weighted by Crippen LogP contribution is -2.59. The molecule has 0 saturated carbocycles. The maximum absolute atomic E-state index is 9.59. The Hall–Kier alpha value is -0.240. The summed E-state index contributed by atoms with van der Waals surface area (Å²) in [6.07, 6.45) is -4.68. The standard InChI is InChI=1S/C8H16O6/c1-12-7-4(3-9)14-8(13-2)6(11)5(7)10/h4-11H,3H2,1-2H3/t4?,5-,6?,7-,8+/m0/s1. The highest BCUT2D eigenvalue weighted by molar-refractivity contribution is 4.89. The molecule has 1 rings (SSSR count). The summed E-state index contributed by atoms with van der Waals surface area (Å²) < 4.78 is 14.9. The van der Waals surface area contributed by atoms with Gasteiger partial charge in [0.1, 0.15) is 24.4 Å². The third-order valence-electron chi connectivity index (χ3n) is 2.33. The molecule has 0 amide bonds. The van der Waals surface area contributed by atoms with E-state index in [-0.39, 0.29) is 6.61 Å². The molecule has 0 bridgehead atoms. The summed E-state index contributed by atoms with van der Waals surface area (Å²) in [5.41, 5.74) is 0. The zero-order valence-corrected chi connectivity index (χ0v) is 8.16. The highest BCUT2D eigenvalue weighted by Gasteiger charge is 2.44. The van der Waals surface area contributed by atoms with E-state index in [1.54, 1.807) is 0 Å². The second-order valence-corrected chi connectivity index (χ2v) is 3.14. The topological polar surface area (TPSA) is 88.4 Å². The molecular weight excluding hydrogens is 192 g/mol. The molecule has 5 atom stereocenters. The third kappa shape index (κ3) is 2.05. The molecule has 2 unspecified atom stereocenters. The number of ether oxygens (including phenoxy) is 3. The van der Waals surface area contributed by atoms with Gasteiger partial charge in [-0.25, -0.2) is 0 Å². The van der Waals surface area contributed by atoms with Gasteiger partial charge in [-0.2, -0.15) is 0 Å².